The Kier molecular flexibility index (Phi) is 6.77. The summed E-state index contributed by atoms with van der Waals surface area (Å²) in [4.78, 5) is 25.0. The molecule has 5 nitrogen and oxygen atoms in total. The number of nitrogens with one attached hydrogen (secondary N) is 3. The predicted molar refractivity (Wildman–Crippen MR) is 106 cm³/mol. The summed E-state index contributed by atoms with van der Waals surface area (Å²) in [6.45, 7) is 0.700. The van der Waals surface area contributed by atoms with E-state index in [9.17, 15) is 22.8 Å². The van der Waals surface area contributed by atoms with Crippen LogP contribution in [-0.4, -0.2) is 31.1 Å². The van der Waals surface area contributed by atoms with Crippen LogP contribution in [0, 0.1) is 5.92 Å². The zero-order valence-corrected chi connectivity index (χ0v) is 16.5. The molecule has 1 fully saturated rings. The lowest BCUT2D eigenvalue weighted by atomic mass is 9.91. The zero-order valence-electron chi connectivity index (χ0n) is 16.5. The zero-order chi connectivity index (χ0) is 21.7. The smallest absolute Gasteiger partial charge is 0.344 e. The molecule has 1 aliphatic rings. The normalized spacial score (nSPS) is 20.3. The van der Waals surface area contributed by atoms with E-state index in [1.54, 1.807) is 0 Å². The van der Waals surface area contributed by atoms with Crippen LogP contribution in [0.5, 0.6) is 0 Å². The fraction of sp³-hybridized carbons (Fsp3) is 0.364. The van der Waals surface area contributed by atoms with Gasteiger partial charge in [-0.3, -0.25) is 9.59 Å². The van der Waals surface area contributed by atoms with Crippen molar-refractivity contribution >= 4 is 11.8 Å². The fourth-order valence-corrected chi connectivity index (χ4v) is 3.58. The van der Waals surface area contributed by atoms with E-state index in [2.05, 4.69) is 10.6 Å². The van der Waals surface area contributed by atoms with Crippen molar-refractivity contribution in [2.45, 2.75) is 37.6 Å². The molecule has 0 spiro atoms. The van der Waals surface area contributed by atoms with Crippen molar-refractivity contribution < 1.29 is 22.8 Å². The van der Waals surface area contributed by atoms with Crippen molar-refractivity contribution in [3.05, 3.63) is 71.3 Å². The van der Waals surface area contributed by atoms with Gasteiger partial charge in [0.05, 0.1) is 6.04 Å². The molecular weight excluding hydrogens is 395 g/mol. The average molecular weight is 419 g/mol. The molecular formula is C22H24F3N3O2. The third-order valence-corrected chi connectivity index (χ3v) is 5.20. The summed E-state index contributed by atoms with van der Waals surface area (Å²) in [7, 11) is 1.85. The maximum atomic E-state index is 12.9. The lowest BCUT2D eigenvalue weighted by Crippen LogP contribution is -2.54. The topological polar surface area (TPSA) is 70.2 Å². The summed E-state index contributed by atoms with van der Waals surface area (Å²) in [6, 6.07) is 14.5. The van der Waals surface area contributed by atoms with Crippen LogP contribution < -0.4 is 16.0 Å². The Balaban J connectivity index is 1.78. The third-order valence-electron chi connectivity index (χ3n) is 5.20. The second kappa shape index (κ2) is 9.30. The minimum atomic E-state index is -4.52. The summed E-state index contributed by atoms with van der Waals surface area (Å²) in [5, 5.41) is 7.85. The van der Waals surface area contributed by atoms with E-state index < -0.39 is 36.0 Å². The monoisotopic (exact) mass is 419 g/mol. The first-order valence-corrected chi connectivity index (χ1v) is 9.75. The van der Waals surface area contributed by atoms with Gasteiger partial charge in [0.2, 0.25) is 11.8 Å². The van der Waals surface area contributed by atoms with Crippen LogP contribution >= 0.6 is 0 Å². The molecule has 2 amide bonds. The molecule has 0 saturated carbocycles. The first-order chi connectivity index (χ1) is 14.3. The van der Waals surface area contributed by atoms with Crippen LogP contribution in [0.15, 0.2) is 54.6 Å². The Morgan fingerprint density at radius 1 is 1.07 bits per heavy atom. The second-order valence-corrected chi connectivity index (χ2v) is 7.36. The SMILES string of the molecule is CNCc1ccc(C(NC(=O)C2CCC(C(F)(F)F)NC2=O)c2ccccc2)cc1. The number of carbonyl (C=O) groups excluding carboxylic acids is 2. The highest BCUT2D eigenvalue weighted by Gasteiger charge is 2.46. The third kappa shape index (κ3) is 5.18. The first-order valence-electron chi connectivity index (χ1n) is 9.75. The molecule has 160 valence electrons. The van der Waals surface area contributed by atoms with Gasteiger partial charge in [-0.05, 0) is 36.6 Å². The highest BCUT2D eigenvalue weighted by atomic mass is 19.4. The molecule has 0 bridgehead atoms. The highest BCUT2D eigenvalue weighted by molar-refractivity contribution is 6.01. The number of carbonyl (C=O) groups is 2. The van der Waals surface area contributed by atoms with Crippen LogP contribution in [0.1, 0.15) is 35.6 Å². The average Bonchev–Trinajstić information content (AvgIpc) is 2.72. The lowest BCUT2D eigenvalue weighted by molar-refractivity contribution is -0.171. The largest absolute Gasteiger partial charge is 0.408 e. The van der Waals surface area contributed by atoms with Gasteiger partial charge < -0.3 is 16.0 Å². The molecule has 30 heavy (non-hydrogen) atoms. The Bertz CT molecular complexity index is 869. The van der Waals surface area contributed by atoms with Gasteiger partial charge in [0.15, 0.2) is 0 Å². The number of hydrogen-bond acceptors (Lipinski definition) is 3. The number of amides is 2. The number of alkyl halides is 3. The molecule has 0 aliphatic carbocycles. The maximum Gasteiger partial charge on any atom is 0.408 e. The maximum absolute atomic E-state index is 12.9. The molecule has 1 heterocycles. The second-order valence-electron chi connectivity index (χ2n) is 7.36. The van der Waals surface area contributed by atoms with Gasteiger partial charge in [-0.15, -0.1) is 0 Å². The summed E-state index contributed by atoms with van der Waals surface area (Å²) in [6.07, 6.45) is -4.98. The molecule has 3 atom stereocenters. The minimum Gasteiger partial charge on any atom is -0.344 e. The number of piperidine rings is 1. The van der Waals surface area contributed by atoms with E-state index in [4.69, 9.17) is 0 Å². The number of benzene rings is 2. The molecule has 3 unspecified atom stereocenters. The summed E-state index contributed by atoms with van der Waals surface area (Å²) in [5.74, 6) is -2.63. The first kappa shape index (κ1) is 21.8. The van der Waals surface area contributed by atoms with Crippen molar-refractivity contribution in [1.29, 1.82) is 0 Å². The lowest BCUT2D eigenvalue weighted by Gasteiger charge is -2.31. The van der Waals surface area contributed by atoms with Gasteiger partial charge in [-0.25, -0.2) is 0 Å². The molecule has 0 radical (unpaired) electrons. The van der Waals surface area contributed by atoms with Crippen LogP contribution in [0.25, 0.3) is 0 Å². The van der Waals surface area contributed by atoms with E-state index in [1.165, 1.54) is 0 Å². The Labute approximate surface area is 173 Å². The summed E-state index contributed by atoms with van der Waals surface area (Å²) < 4.78 is 38.6. The number of hydrogen-bond donors (Lipinski definition) is 3. The van der Waals surface area contributed by atoms with E-state index in [-0.39, 0.29) is 12.8 Å². The number of rotatable bonds is 6. The van der Waals surface area contributed by atoms with Crippen LogP contribution in [0.4, 0.5) is 13.2 Å². The molecule has 1 saturated heterocycles. The van der Waals surface area contributed by atoms with Crippen LogP contribution in [-0.2, 0) is 16.1 Å². The van der Waals surface area contributed by atoms with Crippen LogP contribution in [0.3, 0.4) is 0 Å². The van der Waals surface area contributed by atoms with Gasteiger partial charge >= 0.3 is 6.18 Å². The van der Waals surface area contributed by atoms with E-state index in [1.807, 2.05) is 67.0 Å². The number of halogens is 3. The summed E-state index contributed by atoms with van der Waals surface area (Å²) in [5.41, 5.74) is 2.71. The standard InChI is InChI=1S/C22H24F3N3O2/c1-26-13-14-7-9-16(10-8-14)19(15-5-3-2-4-6-15)28-21(30)17-11-12-18(22(23,24)25)27-20(17)29/h2-10,17-19,26H,11-13H2,1H3,(H,27,29)(H,28,30). The Morgan fingerprint density at radius 3 is 2.27 bits per heavy atom. The molecule has 3 rings (SSSR count). The van der Waals surface area contributed by atoms with Crippen molar-refractivity contribution in [1.82, 2.24) is 16.0 Å². The van der Waals surface area contributed by atoms with E-state index in [0.717, 1.165) is 16.7 Å². The highest BCUT2D eigenvalue weighted by Crippen LogP contribution is 2.29. The van der Waals surface area contributed by atoms with Crippen molar-refractivity contribution in [3.8, 4) is 0 Å². The molecule has 3 N–H and O–H groups in total. The fourth-order valence-electron chi connectivity index (χ4n) is 3.58. The van der Waals surface area contributed by atoms with Gasteiger partial charge in [-0.1, -0.05) is 54.6 Å². The summed E-state index contributed by atoms with van der Waals surface area (Å²) >= 11 is 0. The van der Waals surface area contributed by atoms with Crippen molar-refractivity contribution in [2.24, 2.45) is 5.92 Å². The Morgan fingerprint density at radius 2 is 1.70 bits per heavy atom. The van der Waals surface area contributed by atoms with Gasteiger partial charge in [-0.2, -0.15) is 13.2 Å². The molecule has 0 aromatic heterocycles. The minimum absolute atomic E-state index is 0.148. The quantitative estimate of drug-likeness (QED) is 0.631. The molecule has 2 aromatic rings. The van der Waals surface area contributed by atoms with E-state index >= 15 is 0 Å². The van der Waals surface area contributed by atoms with E-state index in [0.29, 0.717) is 6.54 Å². The van der Waals surface area contributed by atoms with Gasteiger partial charge in [0, 0.05) is 6.54 Å². The van der Waals surface area contributed by atoms with Gasteiger partial charge in [0.25, 0.3) is 0 Å². The van der Waals surface area contributed by atoms with Gasteiger partial charge in [0.1, 0.15) is 12.0 Å². The predicted octanol–water partition coefficient (Wildman–Crippen LogP) is 3.07. The van der Waals surface area contributed by atoms with Crippen LogP contribution in [0.2, 0.25) is 0 Å². The molecule has 2 aromatic carbocycles. The molecule has 8 heteroatoms. The van der Waals surface area contributed by atoms with Crippen molar-refractivity contribution in [3.63, 3.8) is 0 Å². The van der Waals surface area contributed by atoms with Crippen molar-refractivity contribution in [2.75, 3.05) is 7.05 Å². The molecule has 1 aliphatic heterocycles. The Hall–Kier alpha value is -2.87.